The van der Waals surface area contributed by atoms with E-state index in [0.717, 1.165) is 26.1 Å². The van der Waals surface area contributed by atoms with E-state index in [2.05, 4.69) is 33.0 Å². The van der Waals surface area contributed by atoms with Crippen LogP contribution in [0.15, 0.2) is 0 Å². The predicted octanol–water partition coefficient (Wildman–Crippen LogP) is 2.69. The van der Waals surface area contributed by atoms with Gasteiger partial charge in [-0.3, -0.25) is 0 Å². The molecule has 2 rings (SSSR count). The average molecular weight is 268 g/mol. The summed E-state index contributed by atoms with van der Waals surface area (Å²) in [4.78, 5) is 0. The Kier molecular flexibility index (Phi) is 4.29. The SMILES string of the molecule is CCOC1CC(N)(CNCC2(C)CCCC2)C1(C)C. The first-order valence-electron chi connectivity index (χ1n) is 7.94. The lowest BCUT2D eigenvalue weighted by Gasteiger charge is -2.59. The molecule has 0 bridgehead atoms. The van der Waals surface area contributed by atoms with Crippen molar-refractivity contribution in [3.8, 4) is 0 Å². The van der Waals surface area contributed by atoms with Crippen LogP contribution in [0.3, 0.4) is 0 Å². The minimum absolute atomic E-state index is 0.0760. The Balaban J connectivity index is 1.80. The van der Waals surface area contributed by atoms with Gasteiger partial charge in [-0.25, -0.2) is 0 Å². The first-order valence-corrected chi connectivity index (χ1v) is 7.94. The molecular formula is C16H32N2O. The Morgan fingerprint density at radius 3 is 2.32 bits per heavy atom. The highest BCUT2D eigenvalue weighted by Gasteiger charge is 2.58. The van der Waals surface area contributed by atoms with Crippen LogP contribution in [0.2, 0.25) is 0 Å². The number of rotatable bonds is 6. The van der Waals surface area contributed by atoms with Crippen LogP contribution in [0.4, 0.5) is 0 Å². The molecule has 0 aromatic heterocycles. The van der Waals surface area contributed by atoms with E-state index in [4.69, 9.17) is 10.5 Å². The Labute approximate surface area is 118 Å². The van der Waals surface area contributed by atoms with Crippen molar-refractivity contribution in [3.63, 3.8) is 0 Å². The van der Waals surface area contributed by atoms with Gasteiger partial charge < -0.3 is 15.8 Å². The van der Waals surface area contributed by atoms with Crippen molar-refractivity contribution in [2.24, 2.45) is 16.6 Å². The maximum Gasteiger partial charge on any atom is 0.0662 e. The second-order valence-electron chi connectivity index (χ2n) is 7.65. The monoisotopic (exact) mass is 268 g/mol. The minimum atomic E-state index is -0.109. The molecule has 0 aromatic carbocycles. The molecule has 19 heavy (non-hydrogen) atoms. The van der Waals surface area contributed by atoms with Crippen LogP contribution < -0.4 is 11.1 Å². The summed E-state index contributed by atoms with van der Waals surface area (Å²) in [5.74, 6) is 0. The van der Waals surface area contributed by atoms with Crippen LogP contribution in [0.1, 0.15) is 59.8 Å². The highest BCUT2D eigenvalue weighted by Crippen LogP contribution is 2.49. The Bertz CT molecular complexity index is 310. The van der Waals surface area contributed by atoms with Crippen molar-refractivity contribution in [1.29, 1.82) is 0 Å². The van der Waals surface area contributed by atoms with E-state index in [-0.39, 0.29) is 11.0 Å². The quantitative estimate of drug-likeness (QED) is 0.778. The fraction of sp³-hybridized carbons (Fsp3) is 1.00. The van der Waals surface area contributed by atoms with E-state index < -0.39 is 0 Å². The molecule has 0 radical (unpaired) electrons. The zero-order valence-electron chi connectivity index (χ0n) is 13.2. The van der Waals surface area contributed by atoms with Crippen LogP contribution in [-0.2, 0) is 4.74 Å². The predicted molar refractivity (Wildman–Crippen MR) is 80.2 cm³/mol. The Morgan fingerprint density at radius 2 is 1.79 bits per heavy atom. The zero-order valence-corrected chi connectivity index (χ0v) is 13.2. The number of hydrogen-bond donors (Lipinski definition) is 2. The lowest BCUT2D eigenvalue weighted by Crippen LogP contribution is -2.73. The molecule has 2 atom stereocenters. The van der Waals surface area contributed by atoms with Crippen molar-refractivity contribution < 1.29 is 4.74 Å². The number of nitrogens with two attached hydrogens (primary N) is 1. The van der Waals surface area contributed by atoms with Crippen LogP contribution in [0.5, 0.6) is 0 Å². The van der Waals surface area contributed by atoms with E-state index in [0.29, 0.717) is 11.5 Å². The fourth-order valence-corrected chi connectivity index (χ4v) is 3.80. The van der Waals surface area contributed by atoms with Crippen LogP contribution in [-0.4, -0.2) is 31.3 Å². The molecule has 2 aliphatic carbocycles. The number of hydrogen-bond acceptors (Lipinski definition) is 3. The van der Waals surface area contributed by atoms with Crippen LogP contribution in [0.25, 0.3) is 0 Å². The van der Waals surface area contributed by atoms with E-state index in [1.165, 1.54) is 25.7 Å². The summed E-state index contributed by atoms with van der Waals surface area (Å²) in [6.45, 7) is 11.8. The summed E-state index contributed by atoms with van der Waals surface area (Å²) < 4.78 is 5.78. The summed E-state index contributed by atoms with van der Waals surface area (Å²) in [7, 11) is 0. The summed E-state index contributed by atoms with van der Waals surface area (Å²) >= 11 is 0. The standard InChI is InChI=1S/C16H32N2O/c1-5-19-13-10-16(17,14(13,2)3)12-18-11-15(4)8-6-7-9-15/h13,18H,5-12,17H2,1-4H3. The molecule has 0 saturated heterocycles. The lowest BCUT2D eigenvalue weighted by molar-refractivity contribution is -0.148. The molecule has 3 heteroatoms. The molecule has 3 N–H and O–H groups in total. The molecule has 2 saturated carbocycles. The lowest BCUT2D eigenvalue weighted by atomic mass is 9.54. The molecule has 2 aliphatic rings. The normalized spacial score (nSPS) is 36.2. The molecule has 0 aliphatic heterocycles. The minimum Gasteiger partial charge on any atom is -0.378 e. The first kappa shape index (κ1) is 15.3. The second-order valence-corrected chi connectivity index (χ2v) is 7.65. The topological polar surface area (TPSA) is 47.3 Å². The van der Waals surface area contributed by atoms with Crippen molar-refractivity contribution >= 4 is 0 Å². The van der Waals surface area contributed by atoms with Gasteiger partial charge in [-0.1, -0.05) is 33.6 Å². The van der Waals surface area contributed by atoms with E-state index in [1.807, 2.05) is 0 Å². The molecule has 0 heterocycles. The van der Waals surface area contributed by atoms with Gasteiger partial charge in [0.15, 0.2) is 0 Å². The van der Waals surface area contributed by atoms with Crippen molar-refractivity contribution in [1.82, 2.24) is 5.32 Å². The van der Waals surface area contributed by atoms with Gasteiger partial charge in [-0.2, -0.15) is 0 Å². The van der Waals surface area contributed by atoms with E-state index in [1.54, 1.807) is 0 Å². The van der Waals surface area contributed by atoms with Gasteiger partial charge in [0.2, 0.25) is 0 Å². The van der Waals surface area contributed by atoms with Gasteiger partial charge in [0.05, 0.1) is 6.10 Å². The van der Waals surface area contributed by atoms with E-state index >= 15 is 0 Å². The van der Waals surface area contributed by atoms with Crippen molar-refractivity contribution in [2.45, 2.75) is 71.4 Å². The van der Waals surface area contributed by atoms with Crippen LogP contribution >= 0.6 is 0 Å². The maximum absolute atomic E-state index is 6.59. The third-order valence-electron chi connectivity index (χ3n) is 5.81. The maximum atomic E-state index is 6.59. The molecule has 2 unspecified atom stereocenters. The molecule has 3 nitrogen and oxygen atoms in total. The van der Waals surface area contributed by atoms with Gasteiger partial charge >= 0.3 is 0 Å². The van der Waals surface area contributed by atoms with Gasteiger partial charge in [-0.15, -0.1) is 0 Å². The third kappa shape index (κ3) is 2.84. The van der Waals surface area contributed by atoms with Crippen molar-refractivity contribution in [2.75, 3.05) is 19.7 Å². The largest absolute Gasteiger partial charge is 0.378 e. The Morgan fingerprint density at radius 1 is 1.16 bits per heavy atom. The molecule has 112 valence electrons. The highest BCUT2D eigenvalue weighted by atomic mass is 16.5. The fourth-order valence-electron chi connectivity index (χ4n) is 3.80. The summed E-state index contributed by atoms with van der Waals surface area (Å²) in [6, 6.07) is 0. The van der Waals surface area contributed by atoms with Gasteiger partial charge in [0.25, 0.3) is 0 Å². The highest BCUT2D eigenvalue weighted by molar-refractivity contribution is 5.14. The summed E-state index contributed by atoms with van der Waals surface area (Å²) in [5.41, 5.74) is 7.06. The van der Waals surface area contributed by atoms with Gasteiger partial charge in [0, 0.05) is 30.7 Å². The smallest absolute Gasteiger partial charge is 0.0662 e. The first-order chi connectivity index (χ1) is 8.83. The third-order valence-corrected chi connectivity index (χ3v) is 5.81. The number of ether oxygens (including phenoxy) is 1. The molecular weight excluding hydrogens is 236 g/mol. The molecule has 2 fully saturated rings. The number of nitrogens with one attached hydrogen (secondary N) is 1. The molecule has 0 aromatic rings. The van der Waals surface area contributed by atoms with Gasteiger partial charge in [0.1, 0.15) is 0 Å². The Hall–Kier alpha value is -0.120. The average Bonchev–Trinajstić information content (AvgIpc) is 2.76. The summed E-state index contributed by atoms with van der Waals surface area (Å²) in [6.07, 6.45) is 6.82. The molecule has 0 spiro atoms. The van der Waals surface area contributed by atoms with E-state index in [9.17, 15) is 0 Å². The second kappa shape index (κ2) is 5.34. The molecule has 0 amide bonds. The summed E-state index contributed by atoms with van der Waals surface area (Å²) in [5, 5.41) is 3.65. The zero-order chi connectivity index (χ0) is 14.1. The van der Waals surface area contributed by atoms with Crippen molar-refractivity contribution in [3.05, 3.63) is 0 Å². The van der Waals surface area contributed by atoms with Gasteiger partial charge in [-0.05, 0) is 31.6 Å². The van der Waals surface area contributed by atoms with Crippen LogP contribution in [0, 0.1) is 10.8 Å².